The van der Waals surface area contributed by atoms with E-state index in [0.717, 1.165) is 4.47 Å². The number of ether oxygens (including phenoxy) is 1. The molecule has 0 spiro atoms. The molecule has 3 rings (SSSR count). The first-order valence-electron chi connectivity index (χ1n) is 8.88. The van der Waals surface area contributed by atoms with Crippen LogP contribution in [0, 0.1) is 5.82 Å². The van der Waals surface area contributed by atoms with Gasteiger partial charge >= 0.3 is 0 Å². The topological polar surface area (TPSA) is 46.6 Å². The normalized spacial score (nSPS) is 10.5. The van der Waals surface area contributed by atoms with Crippen molar-refractivity contribution in [1.82, 2.24) is 4.90 Å². The van der Waals surface area contributed by atoms with Crippen LogP contribution in [0.15, 0.2) is 71.2 Å². The predicted octanol–water partition coefficient (Wildman–Crippen LogP) is 5.10. The number of benzene rings is 3. The number of rotatable bonds is 6. The van der Waals surface area contributed by atoms with Crippen LogP contribution in [-0.2, 0) is 6.54 Å². The average molecular weight is 456 g/mol. The Morgan fingerprint density at radius 2 is 1.66 bits per heavy atom. The molecule has 4 nitrogen and oxygen atoms in total. The number of ketones is 1. The molecule has 1 amide bonds. The summed E-state index contributed by atoms with van der Waals surface area (Å²) >= 11 is 3.35. The Labute approximate surface area is 177 Å². The highest BCUT2D eigenvalue weighted by atomic mass is 79.9. The van der Waals surface area contributed by atoms with Crippen LogP contribution in [0.3, 0.4) is 0 Å². The summed E-state index contributed by atoms with van der Waals surface area (Å²) in [6, 6.07) is 18.2. The largest absolute Gasteiger partial charge is 0.494 e. The molecule has 3 aromatic rings. The molecule has 0 saturated heterocycles. The number of carbonyl (C=O) groups excluding carboxylic acids is 2. The van der Waals surface area contributed by atoms with E-state index in [1.54, 1.807) is 61.6 Å². The molecule has 0 N–H and O–H groups in total. The zero-order valence-electron chi connectivity index (χ0n) is 16.0. The molecule has 0 saturated carbocycles. The number of amides is 1. The summed E-state index contributed by atoms with van der Waals surface area (Å²) in [7, 11) is 3.01. The lowest BCUT2D eigenvalue weighted by Crippen LogP contribution is -2.28. The van der Waals surface area contributed by atoms with E-state index in [1.807, 2.05) is 0 Å². The minimum Gasteiger partial charge on any atom is -0.494 e. The van der Waals surface area contributed by atoms with Gasteiger partial charge in [0.05, 0.1) is 12.7 Å². The van der Waals surface area contributed by atoms with Gasteiger partial charge in [0.15, 0.2) is 17.3 Å². The lowest BCUT2D eigenvalue weighted by Gasteiger charge is -2.19. The van der Waals surface area contributed by atoms with E-state index in [4.69, 9.17) is 4.74 Å². The van der Waals surface area contributed by atoms with Gasteiger partial charge in [-0.2, -0.15) is 0 Å². The number of hydrogen-bond acceptors (Lipinski definition) is 3. The molecule has 0 bridgehead atoms. The van der Waals surface area contributed by atoms with Crippen molar-refractivity contribution in [2.75, 3.05) is 14.2 Å². The van der Waals surface area contributed by atoms with Crippen molar-refractivity contribution in [3.63, 3.8) is 0 Å². The van der Waals surface area contributed by atoms with E-state index < -0.39 is 5.82 Å². The summed E-state index contributed by atoms with van der Waals surface area (Å²) in [5.74, 6) is -0.891. The third kappa shape index (κ3) is 4.71. The molecule has 0 aliphatic heterocycles. The van der Waals surface area contributed by atoms with Gasteiger partial charge in [-0.25, -0.2) is 4.39 Å². The fraction of sp³-hybridized carbons (Fsp3) is 0.130. The Bertz CT molecular complexity index is 1050. The third-order valence-electron chi connectivity index (χ3n) is 4.49. The van der Waals surface area contributed by atoms with E-state index in [2.05, 4.69) is 15.9 Å². The first kappa shape index (κ1) is 20.7. The summed E-state index contributed by atoms with van der Waals surface area (Å²) in [6.45, 7) is 0.195. The second-order valence-electron chi connectivity index (χ2n) is 6.51. The van der Waals surface area contributed by atoms with Gasteiger partial charge in [0.2, 0.25) is 0 Å². The molecular formula is C23H19BrFNO3. The maximum absolute atomic E-state index is 13.9. The molecule has 148 valence electrons. The van der Waals surface area contributed by atoms with Crippen LogP contribution in [0.5, 0.6) is 5.75 Å². The van der Waals surface area contributed by atoms with Crippen LogP contribution >= 0.6 is 15.9 Å². The zero-order chi connectivity index (χ0) is 21.0. The SMILES string of the molecule is COc1ccc(CN(C)C(=O)c2ccccc2C(=O)c2ccc(Br)cc2)cc1F. The van der Waals surface area contributed by atoms with Crippen molar-refractivity contribution in [2.24, 2.45) is 0 Å². The Morgan fingerprint density at radius 3 is 2.28 bits per heavy atom. The van der Waals surface area contributed by atoms with Gasteiger partial charge in [-0.1, -0.05) is 40.2 Å². The molecule has 0 fully saturated rings. The van der Waals surface area contributed by atoms with Gasteiger partial charge < -0.3 is 9.64 Å². The van der Waals surface area contributed by atoms with E-state index in [9.17, 15) is 14.0 Å². The van der Waals surface area contributed by atoms with Crippen molar-refractivity contribution in [3.05, 3.63) is 99.3 Å². The number of halogens is 2. The van der Waals surface area contributed by atoms with E-state index in [-0.39, 0.29) is 24.0 Å². The van der Waals surface area contributed by atoms with Crippen molar-refractivity contribution >= 4 is 27.6 Å². The molecule has 0 atom stereocenters. The first-order valence-corrected chi connectivity index (χ1v) is 9.67. The van der Waals surface area contributed by atoms with Gasteiger partial charge in [0.25, 0.3) is 5.91 Å². The Kier molecular flexibility index (Phi) is 6.44. The molecular weight excluding hydrogens is 437 g/mol. The molecule has 29 heavy (non-hydrogen) atoms. The number of hydrogen-bond donors (Lipinski definition) is 0. The lowest BCUT2D eigenvalue weighted by atomic mass is 9.97. The minimum absolute atomic E-state index is 0.146. The van der Waals surface area contributed by atoms with Crippen LogP contribution in [-0.4, -0.2) is 30.7 Å². The van der Waals surface area contributed by atoms with Crippen LogP contribution in [0.4, 0.5) is 4.39 Å². The maximum Gasteiger partial charge on any atom is 0.254 e. The predicted molar refractivity (Wildman–Crippen MR) is 113 cm³/mol. The molecule has 0 aromatic heterocycles. The number of nitrogens with zero attached hydrogens (tertiary/aromatic N) is 1. The molecule has 0 aliphatic carbocycles. The van der Waals surface area contributed by atoms with Crippen LogP contribution in [0.2, 0.25) is 0 Å². The maximum atomic E-state index is 13.9. The molecule has 6 heteroatoms. The third-order valence-corrected chi connectivity index (χ3v) is 5.02. The van der Waals surface area contributed by atoms with Crippen LogP contribution in [0.25, 0.3) is 0 Å². The summed E-state index contributed by atoms with van der Waals surface area (Å²) < 4.78 is 19.7. The number of carbonyl (C=O) groups is 2. The highest BCUT2D eigenvalue weighted by Gasteiger charge is 2.21. The van der Waals surface area contributed by atoms with Crippen molar-refractivity contribution in [3.8, 4) is 5.75 Å². The van der Waals surface area contributed by atoms with Gasteiger partial charge in [-0.05, 0) is 48.0 Å². The van der Waals surface area contributed by atoms with E-state index >= 15 is 0 Å². The quantitative estimate of drug-likeness (QED) is 0.485. The minimum atomic E-state index is -0.489. The fourth-order valence-electron chi connectivity index (χ4n) is 2.98. The Balaban J connectivity index is 1.84. The van der Waals surface area contributed by atoms with E-state index in [0.29, 0.717) is 22.3 Å². The summed E-state index contributed by atoms with van der Waals surface area (Å²) in [4.78, 5) is 27.4. The van der Waals surface area contributed by atoms with Crippen molar-refractivity contribution < 1.29 is 18.7 Å². The molecule has 0 unspecified atom stereocenters. The summed E-state index contributed by atoms with van der Waals surface area (Å²) in [5, 5.41) is 0. The smallest absolute Gasteiger partial charge is 0.254 e. The average Bonchev–Trinajstić information content (AvgIpc) is 2.73. The summed E-state index contributed by atoms with van der Waals surface area (Å²) in [6.07, 6.45) is 0. The van der Waals surface area contributed by atoms with Crippen molar-refractivity contribution in [1.29, 1.82) is 0 Å². The van der Waals surface area contributed by atoms with Gasteiger partial charge in [-0.15, -0.1) is 0 Å². The Hall–Kier alpha value is -2.99. The first-order chi connectivity index (χ1) is 13.9. The second-order valence-corrected chi connectivity index (χ2v) is 7.43. The van der Waals surface area contributed by atoms with Crippen LogP contribution in [0.1, 0.15) is 31.8 Å². The zero-order valence-corrected chi connectivity index (χ0v) is 17.6. The van der Waals surface area contributed by atoms with E-state index in [1.165, 1.54) is 24.1 Å². The number of methoxy groups -OCH3 is 1. The Morgan fingerprint density at radius 1 is 1.00 bits per heavy atom. The fourth-order valence-corrected chi connectivity index (χ4v) is 3.25. The van der Waals surface area contributed by atoms with Crippen LogP contribution < -0.4 is 4.74 Å². The van der Waals surface area contributed by atoms with Crippen molar-refractivity contribution in [2.45, 2.75) is 6.54 Å². The molecule has 0 radical (unpaired) electrons. The second kappa shape index (κ2) is 9.01. The molecule has 3 aromatic carbocycles. The molecule has 0 aliphatic rings. The lowest BCUT2D eigenvalue weighted by molar-refractivity contribution is 0.0780. The standard InChI is InChI=1S/C23H19BrFNO3/c1-26(14-15-7-12-21(29-2)20(25)13-15)23(28)19-6-4-3-5-18(19)22(27)16-8-10-17(24)11-9-16/h3-13H,14H2,1-2H3. The highest BCUT2D eigenvalue weighted by Crippen LogP contribution is 2.21. The monoisotopic (exact) mass is 455 g/mol. The molecule has 0 heterocycles. The highest BCUT2D eigenvalue weighted by molar-refractivity contribution is 9.10. The van der Waals surface area contributed by atoms with Gasteiger partial charge in [-0.3, -0.25) is 9.59 Å². The van der Waals surface area contributed by atoms with Gasteiger partial charge in [0, 0.05) is 29.2 Å². The summed E-state index contributed by atoms with van der Waals surface area (Å²) in [5.41, 5.74) is 1.74. The van der Waals surface area contributed by atoms with Gasteiger partial charge in [0.1, 0.15) is 0 Å².